The van der Waals surface area contributed by atoms with E-state index in [9.17, 15) is 0 Å². The van der Waals surface area contributed by atoms with Crippen molar-refractivity contribution in [2.24, 2.45) is 0 Å². The highest BCUT2D eigenvalue weighted by molar-refractivity contribution is 7.13. The van der Waals surface area contributed by atoms with Crippen LogP contribution in [0.1, 0.15) is 0 Å². The van der Waals surface area contributed by atoms with Crippen molar-refractivity contribution in [2.75, 3.05) is 25.6 Å². The molecule has 2 heterocycles. The normalized spacial score (nSPS) is 12.9. The van der Waals surface area contributed by atoms with Crippen molar-refractivity contribution in [2.45, 2.75) is 0 Å². The summed E-state index contributed by atoms with van der Waals surface area (Å²) in [5.41, 5.74) is 4.07. The molecule has 0 unspecified atom stereocenters. The quantitative estimate of drug-likeness (QED) is 0.780. The highest BCUT2D eigenvalue weighted by Gasteiger charge is 2.14. The second-order valence-electron chi connectivity index (χ2n) is 5.22. The number of nitrogens with zero attached hydrogens (tertiary/aromatic N) is 1. The van der Waals surface area contributed by atoms with Crippen LogP contribution < -0.4 is 14.8 Å². The van der Waals surface area contributed by atoms with Gasteiger partial charge in [-0.05, 0) is 30.3 Å². The summed E-state index contributed by atoms with van der Waals surface area (Å²) in [5.74, 6) is 1.74. The molecule has 3 aromatic rings. The van der Waals surface area contributed by atoms with Crippen molar-refractivity contribution in [1.82, 2.24) is 4.98 Å². The molecule has 4 nitrogen and oxygen atoms in total. The summed E-state index contributed by atoms with van der Waals surface area (Å²) in [6.45, 7) is 1.54. The minimum atomic E-state index is 0.710. The molecule has 0 atom stereocenters. The maximum atomic E-state index is 5.62. The van der Waals surface area contributed by atoms with Gasteiger partial charge >= 0.3 is 0 Å². The Bertz CT molecular complexity index is 845. The topological polar surface area (TPSA) is 43.4 Å². The van der Waals surface area contributed by atoms with Gasteiger partial charge in [-0.2, -0.15) is 0 Å². The van der Waals surface area contributed by atoms with Gasteiger partial charge in [0.2, 0.25) is 0 Å². The van der Waals surface area contributed by atoms with Crippen molar-refractivity contribution in [3.8, 4) is 33.3 Å². The molecule has 0 radical (unpaired) electrons. The zero-order valence-corrected chi connectivity index (χ0v) is 13.5. The average molecular weight is 324 g/mol. The number of anilines is 1. The molecule has 0 fully saturated rings. The van der Waals surface area contributed by atoms with Gasteiger partial charge in [0.25, 0.3) is 0 Å². The number of rotatable bonds is 3. The Kier molecular flexibility index (Phi) is 3.63. The van der Waals surface area contributed by atoms with Crippen LogP contribution in [0.3, 0.4) is 0 Å². The van der Waals surface area contributed by atoms with Crippen molar-refractivity contribution in [3.63, 3.8) is 0 Å². The first-order valence-electron chi connectivity index (χ1n) is 7.45. The number of fused-ring (bicyclic) bond motifs is 1. The average Bonchev–Trinajstić information content (AvgIpc) is 3.11. The van der Waals surface area contributed by atoms with Crippen LogP contribution in [0.2, 0.25) is 0 Å². The molecule has 1 aliphatic rings. The lowest BCUT2D eigenvalue weighted by atomic mass is 10.1. The molecule has 0 amide bonds. The van der Waals surface area contributed by atoms with E-state index in [1.807, 2.05) is 30.3 Å². The van der Waals surface area contributed by atoms with E-state index in [1.54, 1.807) is 18.4 Å². The van der Waals surface area contributed by atoms with Gasteiger partial charge in [-0.1, -0.05) is 12.1 Å². The number of hydrogen-bond acceptors (Lipinski definition) is 5. The number of thiazole rings is 1. The predicted molar refractivity (Wildman–Crippen MR) is 93.5 cm³/mol. The highest BCUT2D eigenvalue weighted by atomic mass is 32.1. The zero-order chi connectivity index (χ0) is 15.6. The van der Waals surface area contributed by atoms with Crippen molar-refractivity contribution in [3.05, 3.63) is 47.8 Å². The molecule has 1 aliphatic heterocycles. The predicted octanol–water partition coefficient (Wildman–Crippen LogP) is 4.29. The van der Waals surface area contributed by atoms with Crippen LogP contribution in [0, 0.1) is 0 Å². The molecule has 116 valence electrons. The van der Waals surface area contributed by atoms with Crippen LogP contribution in [0.15, 0.2) is 47.8 Å². The van der Waals surface area contributed by atoms with Crippen LogP contribution in [0.25, 0.3) is 21.8 Å². The summed E-state index contributed by atoms with van der Waals surface area (Å²) < 4.78 is 11.1. The number of nitrogens with one attached hydrogen (secondary N) is 1. The standard InChI is InChI=1S/C18H16N2O2S/c1-21-16-5-3-2-4-13(16)15-11-23-18(20-15)12-6-7-17-14(10-12)19-8-9-22-17/h2-7,10-11,19H,8-9H2,1H3. The molecule has 4 rings (SSSR count). The lowest BCUT2D eigenvalue weighted by Gasteiger charge is -2.19. The minimum absolute atomic E-state index is 0.710. The first-order valence-corrected chi connectivity index (χ1v) is 8.33. The van der Waals surface area contributed by atoms with Gasteiger partial charge in [-0.25, -0.2) is 4.98 Å². The minimum Gasteiger partial charge on any atom is -0.496 e. The Morgan fingerprint density at radius 3 is 3.04 bits per heavy atom. The fourth-order valence-electron chi connectivity index (χ4n) is 2.66. The molecule has 1 aromatic heterocycles. The number of para-hydroxylation sites is 1. The van der Waals surface area contributed by atoms with Gasteiger partial charge in [0.05, 0.1) is 18.5 Å². The first kappa shape index (κ1) is 14.1. The fraction of sp³-hybridized carbons (Fsp3) is 0.167. The smallest absolute Gasteiger partial charge is 0.142 e. The van der Waals surface area contributed by atoms with Crippen molar-refractivity contribution >= 4 is 17.0 Å². The molecular weight excluding hydrogens is 308 g/mol. The Morgan fingerprint density at radius 1 is 1.22 bits per heavy atom. The van der Waals surface area contributed by atoms with Gasteiger partial charge in [0, 0.05) is 23.1 Å². The summed E-state index contributed by atoms with van der Waals surface area (Å²) in [5, 5.41) is 6.41. The van der Waals surface area contributed by atoms with E-state index >= 15 is 0 Å². The van der Waals surface area contributed by atoms with Crippen LogP contribution in [-0.2, 0) is 0 Å². The van der Waals surface area contributed by atoms with Crippen LogP contribution in [0.4, 0.5) is 5.69 Å². The van der Waals surface area contributed by atoms with Crippen molar-refractivity contribution in [1.29, 1.82) is 0 Å². The molecule has 23 heavy (non-hydrogen) atoms. The Balaban J connectivity index is 1.70. The number of aromatic nitrogens is 1. The van der Waals surface area contributed by atoms with Gasteiger partial charge in [0.1, 0.15) is 23.1 Å². The van der Waals surface area contributed by atoms with E-state index in [-0.39, 0.29) is 0 Å². The molecule has 0 saturated carbocycles. The lowest BCUT2D eigenvalue weighted by molar-refractivity contribution is 0.323. The summed E-state index contributed by atoms with van der Waals surface area (Å²) in [4.78, 5) is 4.78. The largest absolute Gasteiger partial charge is 0.496 e. The highest BCUT2D eigenvalue weighted by Crippen LogP contribution is 2.36. The molecule has 0 bridgehead atoms. The van der Waals surface area contributed by atoms with Crippen LogP contribution in [0.5, 0.6) is 11.5 Å². The number of ether oxygens (including phenoxy) is 2. The van der Waals surface area contributed by atoms with E-state index < -0.39 is 0 Å². The summed E-state index contributed by atoms with van der Waals surface area (Å²) in [7, 11) is 1.68. The van der Waals surface area contributed by atoms with E-state index in [0.29, 0.717) is 6.61 Å². The third-order valence-corrected chi connectivity index (χ3v) is 4.68. The molecule has 1 N–H and O–H groups in total. The second-order valence-corrected chi connectivity index (χ2v) is 6.08. The third-order valence-electron chi connectivity index (χ3n) is 3.79. The maximum absolute atomic E-state index is 5.62. The maximum Gasteiger partial charge on any atom is 0.142 e. The monoisotopic (exact) mass is 324 g/mol. The van der Waals surface area contributed by atoms with Crippen LogP contribution >= 0.6 is 11.3 Å². The fourth-order valence-corrected chi connectivity index (χ4v) is 3.48. The van der Waals surface area contributed by atoms with E-state index in [2.05, 4.69) is 22.8 Å². The number of methoxy groups -OCH3 is 1. The summed E-state index contributed by atoms with van der Waals surface area (Å²) in [6, 6.07) is 14.1. The van der Waals surface area contributed by atoms with Gasteiger partial charge in [-0.3, -0.25) is 0 Å². The summed E-state index contributed by atoms with van der Waals surface area (Å²) >= 11 is 1.63. The molecule has 5 heteroatoms. The Hall–Kier alpha value is -2.53. The van der Waals surface area contributed by atoms with Crippen molar-refractivity contribution < 1.29 is 9.47 Å². The molecular formula is C18H16N2O2S. The number of benzene rings is 2. The Morgan fingerprint density at radius 2 is 2.13 bits per heavy atom. The van der Waals surface area contributed by atoms with Gasteiger partial charge < -0.3 is 14.8 Å². The van der Waals surface area contributed by atoms with Crippen LogP contribution in [-0.4, -0.2) is 25.2 Å². The van der Waals surface area contributed by atoms with E-state index in [4.69, 9.17) is 14.5 Å². The molecule has 0 aliphatic carbocycles. The molecule has 0 spiro atoms. The van der Waals surface area contributed by atoms with Gasteiger partial charge in [-0.15, -0.1) is 11.3 Å². The molecule has 2 aromatic carbocycles. The third kappa shape index (κ3) is 2.64. The summed E-state index contributed by atoms with van der Waals surface area (Å²) in [6.07, 6.45) is 0. The number of hydrogen-bond donors (Lipinski definition) is 1. The molecule has 0 saturated heterocycles. The second kappa shape index (κ2) is 5.93. The van der Waals surface area contributed by atoms with Gasteiger partial charge in [0.15, 0.2) is 0 Å². The van der Waals surface area contributed by atoms with E-state index in [1.165, 1.54) is 0 Å². The lowest BCUT2D eigenvalue weighted by Crippen LogP contribution is -2.17. The zero-order valence-electron chi connectivity index (χ0n) is 12.7. The Labute approximate surface area is 138 Å². The first-order chi connectivity index (χ1) is 11.3. The van der Waals surface area contributed by atoms with E-state index in [0.717, 1.165) is 45.6 Å². The SMILES string of the molecule is COc1ccccc1-c1csc(-c2ccc3c(c2)NCCO3)n1.